The first-order chi connectivity index (χ1) is 13.7. The molecule has 0 fully saturated rings. The van der Waals surface area contributed by atoms with Gasteiger partial charge in [0.15, 0.2) is 0 Å². The van der Waals surface area contributed by atoms with Crippen molar-refractivity contribution in [3.63, 3.8) is 0 Å². The highest BCUT2D eigenvalue weighted by Crippen LogP contribution is 2.19. The van der Waals surface area contributed by atoms with Crippen molar-refractivity contribution in [3.05, 3.63) is 12.2 Å². The number of aliphatic carboxylic acids is 2. The van der Waals surface area contributed by atoms with Crippen molar-refractivity contribution in [2.24, 2.45) is 11.8 Å². The zero-order chi connectivity index (χ0) is 22.3. The molecule has 0 aliphatic heterocycles. The molecule has 168 valence electrons. The van der Waals surface area contributed by atoms with Crippen LogP contribution in [0, 0.1) is 11.8 Å². The van der Waals surface area contributed by atoms with E-state index in [2.05, 4.69) is 5.32 Å². The first-order valence-electron chi connectivity index (χ1n) is 10.5. The maximum Gasteiger partial charge on any atom is 0.312 e. The zero-order valence-electron chi connectivity index (χ0n) is 18.1. The number of allylic oxidation sites excluding steroid dienone is 2. The zero-order valence-corrected chi connectivity index (χ0v) is 18.1. The fourth-order valence-corrected chi connectivity index (χ4v) is 3.52. The lowest BCUT2D eigenvalue weighted by Crippen LogP contribution is -2.59. The van der Waals surface area contributed by atoms with Gasteiger partial charge in [-0.25, -0.2) is 0 Å². The van der Waals surface area contributed by atoms with Gasteiger partial charge in [-0.1, -0.05) is 26.0 Å². The molecular formula is C21H38N2O6. The van der Waals surface area contributed by atoms with Crippen LogP contribution < -0.4 is 10.4 Å². The van der Waals surface area contributed by atoms with Gasteiger partial charge in [-0.05, 0) is 32.6 Å². The van der Waals surface area contributed by atoms with Crippen LogP contribution in [-0.2, 0) is 14.4 Å². The Morgan fingerprint density at radius 3 is 2.21 bits per heavy atom. The van der Waals surface area contributed by atoms with Gasteiger partial charge >= 0.3 is 5.97 Å². The highest BCUT2D eigenvalue weighted by atomic mass is 16.4. The Balaban J connectivity index is 5.23. The van der Waals surface area contributed by atoms with Gasteiger partial charge in [-0.15, -0.1) is 0 Å². The third-order valence-electron chi connectivity index (χ3n) is 5.38. The van der Waals surface area contributed by atoms with Crippen LogP contribution in [0.25, 0.3) is 0 Å². The molecule has 8 nitrogen and oxygen atoms in total. The first kappa shape index (κ1) is 27.1. The number of carboxylic acids is 2. The number of nitrogens with zero attached hydrogens (tertiary/aromatic N) is 1. The summed E-state index contributed by atoms with van der Waals surface area (Å²) < 4.78 is 0.118. The van der Waals surface area contributed by atoms with Gasteiger partial charge in [0.2, 0.25) is 5.91 Å². The number of carbonyl (C=O) groups excluding carboxylic acids is 2. The van der Waals surface area contributed by atoms with E-state index in [0.29, 0.717) is 32.4 Å². The molecule has 0 bridgehead atoms. The van der Waals surface area contributed by atoms with E-state index < -0.39 is 23.8 Å². The third kappa shape index (κ3) is 11.0. The third-order valence-corrected chi connectivity index (χ3v) is 5.38. The maximum absolute atomic E-state index is 12.0. The summed E-state index contributed by atoms with van der Waals surface area (Å²) in [5, 5.41) is 33.4. The summed E-state index contributed by atoms with van der Waals surface area (Å²) in [6.07, 6.45) is 6.66. The molecule has 0 aromatic carbocycles. The highest BCUT2D eigenvalue weighted by molar-refractivity contribution is 5.75. The average Bonchev–Trinajstić information content (AvgIpc) is 2.67. The van der Waals surface area contributed by atoms with Gasteiger partial charge in [0.1, 0.15) is 12.5 Å². The minimum atomic E-state index is -1.18. The molecule has 0 spiro atoms. The van der Waals surface area contributed by atoms with Crippen LogP contribution >= 0.6 is 0 Å². The van der Waals surface area contributed by atoms with E-state index in [1.165, 1.54) is 0 Å². The number of quaternary nitrogens is 1. The van der Waals surface area contributed by atoms with E-state index in [1.807, 2.05) is 19.1 Å². The Kier molecular flexibility index (Phi) is 14.0. The van der Waals surface area contributed by atoms with Crippen molar-refractivity contribution in [3.8, 4) is 0 Å². The van der Waals surface area contributed by atoms with E-state index in [4.69, 9.17) is 0 Å². The Hall–Kier alpha value is -1.93. The molecular weight excluding hydrogens is 376 g/mol. The summed E-state index contributed by atoms with van der Waals surface area (Å²) in [5.41, 5.74) is 0. The number of nitrogens with one attached hydrogen (secondary N) is 1. The van der Waals surface area contributed by atoms with Crippen LogP contribution in [0.1, 0.15) is 52.9 Å². The smallest absolute Gasteiger partial charge is 0.312 e. The van der Waals surface area contributed by atoms with E-state index in [1.54, 1.807) is 13.8 Å². The van der Waals surface area contributed by atoms with Crippen LogP contribution in [0.3, 0.4) is 0 Å². The number of hydrogen-bond donors (Lipinski definition) is 3. The average molecular weight is 415 g/mol. The Labute approximate surface area is 174 Å². The Morgan fingerprint density at radius 1 is 1.10 bits per heavy atom. The van der Waals surface area contributed by atoms with Crippen LogP contribution in [0.4, 0.5) is 0 Å². The minimum Gasteiger partial charge on any atom is -0.550 e. The predicted molar refractivity (Wildman–Crippen MR) is 109 cm³/mol. The standard InChI is InChI=1S/C21H38N2O6/c1-4-7-8-9-10-19(25)22-11-12-23(13-14-24,15-17(5-2)20(26)27)16-18(6-3)21(28)29/h4,7,17-18,24H,5-6,8-16H2,1-3H3,(H2-,22,25,26,27,28,29)/b7-4+. The molecule has 0 rings (SSSR count). The normalized spacial score (nSPS) is 15.6. The van der Waals surface area contributed by atoms with E-state index in [-0.39, 0.29) is 36.6 Å². The molecule has 0 aromatic heterocycles. The van der Waals surface area contributed by atoms with Gasteiger partial charge in [-0.3, -0.25) is 9.59 Å². The minimum absolute atomic E-state index is 0.0891. The number of hydrogen-bond acceptors (Lipinski definition) is 5. The predicted octanol–water partition coefficient (Wildman–Crippen LogP) is 0.545. The van der Waals surface area contributed by atoms with Crippen LogP contribution in [0.2, 0.25) is 0 Å². The van der Waals surface area contributed by atoms with Crippen molar-refractivity contribution in [2.75, 3.05) is 39.3 Å². The molecule has 0 aromatic rings. The lowest BCUT2D eigenvalue weighted by atomic mass is 9.99. The molecule has 1 amide bonds. The number of aliphatic hydroxyl groups excluding tert-OH is 1. The summed E-state index contributed by atoms with van der Waals surface area (Å²) >= 11 is 0. The summed E-state index contributed by atoms with van der Waals surface area (Å²) in [5.74, 6) is -3.61. The Bertz CT molecular complexity index is 511. The summed E-state index contributed by atoms with van der Waals surface area (Å²) in [6.45, 7) is 6.49. The second-order valence-electron chi connectivity index (χ2n) is 7.56. The number of aliphatic hydroxyl groups is 1. The molecule has 3 atom stereocenters. The van der Waals surface area contributed by atoms with Crippen molar-refractivity contribution >= 4 is 17.8 Å². The van der Waals surface area contributed by atoms with Gasteiger partial charge in [0.25, 0.3) is 0 Å². The van der Waals surface area contributed by atoms with Gasteiger partial charge in [-0.2, -0.15) is 0 Å². The van der Waals surface area contributed by atoms with E-state index >= 15 is 0 Å². The monoisotopic (exact) mass is 414 g/mol. The fourth-order valence-electron chi connectivity index (χ4n) is 3.52. The molecule has 0 aliphatic carbocycles. The quantitative estimate of drug-likeness (QED) is 0.181. The van der Waals surface area contributed by atoms with Gasteiger partial charge < -0.3 is 29.9 Å². The second-order valence-corrected chi connectivity index (χ2v) is 7.56. The Morgan fingerprint density at radius 2 is 1.72 bits per heavy atom. The molecule has 3 unspecified atom stereocenters. The number of carboxylic acid groups (broad SMARTS) is 2. The largest absolute Gasteiger partial charge is 0.550 e. The molecule has 0 saturated heterocycles. The van der Waals surface area contributed by atoms with Crippen LogP contribution in [0.5, 0.6) is 0 Å². The van der Waals surface area contributed by atoms with Crippen molar-refractivity contribution in [1.29, 1.82) is 0 Å². The van der Waals surface area contributed by atoms with Crippen molar-refractivity contribution in [2.45, 2.75) is 52.9 Å². The van der Waals surface area contributed by atoms with Gasteiger partial charge in [0.05, 0.1) is 38.8 Å². The highest BCUT2D eigenvalue weighted by Gasteiger charge is 2.35. The molecule has 3 N–H and O–H groups in total. The lowest BCUT2D eigenvalue weighted by molar-refractivity contribution is -0.932. The topological polar surface area (TPSA) is 127 Å². The number of unbranched alkanes of at least 4 members (excludes halogenated alkanes) is 1. The summed E-state index contributed by atoms with van der Waals surface area (Å²) in [7, 11) is 0. The number of rotatable bonds is 17. The number of amides is 1. The van der Waals surface area contributed by atoms with Gasteiger partial charge in [0, 0.05) is 12.3 Å². The second kappa shape index (κ2) is 15.0. The lowest BCUT2D eigenvalue weighted by Gasteiger charge is -2.42. The van der Waals surface area contributed by atoms with E-state index in [0.717, 1.165) is 12.8 Å². The van der Waals surface area contributed by atoms with Crippen LogP contribution in [0.15, 0.2) is 12.2 Å². The molecule has 0 heterocycles. The maximum atomic E-state index is 12.0. The van der Waals surface area contributed by atoms with Crippen molar-refractivity contribution < 1.29 is 34.2 Å². The first-order valence-corrected chi connectivity index (χ1v) is 10.5. The molecule has 0 aliphatic rings. The molecule has 29 heavy (non-hydrogen) atoms. The van der Waals surface area contributed by atoms with Crippen LogP contribution in [-0.4, -0.2) is 71.9 Å². The molecule has 0 saturated carbocycles. The van der Waals surface area contributed by atoms with Crippen molar-refractivity contribution in [1.82, 2.24) is 5.32 Å². The molecule has 0 radical (unpaired) electrons. The van der Waals surface area contributed by atoms with E-state index in [9.17, 15) is 29.7 Å². The fraction of sp³-hybridized carbons (Fsp3) is 0.762. The molecule has 8 heteroatoms. The SMILES string of the molecule is C/C=C/CCCC(=O)NCC[N+](CCO)(CC(CC)C(=O)[O-])CC(CC)C(=O)O. The summed E-state index contributed by atoms with van der Waals surface area (Å²) in [4.78, 5) is 35.1. The number of carbonyl (C=O) groups is 3. The summed E-state index contributed by atoms with van der Waals surface area (Å²) in [6, 6.07) is 0.